The number of hydrogen-bond donors (Lipinski definition) is 2. The molecular weight excluding hydrogens is 374 g/mol. The second-order valence-corrected chi connectivity index (χ2v) is 9.21. The van der Waals surface area contributed by atoms with Crippen LogP contribution in [0.2, 0.25) is 0 Å². The standard InChI is InChI=1S/C14H20BrNO3S2/c1-20-14(6-2-3-7-14)10-16-21(18,19)13-8-11(9-17)4-5-12(13)15/h4-5,8,16-17H,2-3,6-7,9-10H2,1H3. The van der Waals surface area contributed by atoms with Gasteiger partial charge in [-0.25, -0.2) is 13.1 Å². The molecule has 0 heterocycles. The highest BCUT2D eigenvalue weighted by Crippen LogP contribution is 2.40. The Balaban J connectivity index is 2.18. The number of aliphatic hydroxyl groups is 1. The highest BCUT2D eigenvalue weighted by molar-refractivity contribution is 9.10. The van der Waals surface area contributed by atoms with Crippen molar-refractivity contribution in [2.75, 3.05) is 12.8 Å². The van der Waals surface area contributed by atoms with Crippen LogP contribution in [0.15, 0.2) is 27.6 Å². The molecule has 21 heavy (non-hydrogen) atoms. The summed E-state index contributed by atoms with van der Waals surface area (Å²) in [5.41, 5.74) is 0.582. The second kappa shape index (κ2) is 7.00. The van der Waals surface area contributed by atoms with Gasteiger partial charge < -0.3 is 5.11 Å². The van der Waals surface area contributed by atoms with Crippen LogP contribution >= 0.6 is 27.7 Å². The largest absolute Gasteiger partial charge is 0.392 e. The lowest BCUT2D eigenvalue weighted by atomic mass is 10.1. The van der Waals surface area contributed by atoms with Crippen LogP contribution in [-0.4, -0.2) is 31.1 Å². The summed E-state index contributed by atoms with van der Waals surface area (Å²) < 4.78 is 28.3. The third-order valence-electron chi connectivity index (χ3n) is 4.00. The number of nitrogens with one attached hydrogen (secondary N) is 1. The van der Waals surface area contributed by atoms with Crippen LogP contribution in [-0.2, 0) is 16.6 Å². The van der Waals surface area contributed by atoms with E-state index in [-0.39, 0.29) is 16.2 Å². The first kappa shape index (κ1) is 17.3. The molecule has 2 rings (SSSR count). The second-order valence-electron chi connectivity index (χ2n) is 5.34. The molecule has 0 spiro atoms. The molecule has 0 aromatic heterocycles. The normalized spacial score (nSPS) is 18.0. The van der Waals surface area contributed by atoms with Crippen LogP contribution in [0.4, 0.5) is 0 Å². The molecule has 2 N–H and O–H groups in total. The van der Waals surface area contributed by atoms with E-state index >= 15 is 0 Å². The van der Waals surface area contributed by atoms with Crippen LogP contribution in [0.25, 0.3) is 0 Å². The molecule has 1 aromatic rings. The highest BCUT2D eigenvalue weighted by Gasteiger charge is 2.34. The maximum atomic E-state index is 12.5. The van der Waals surface area contributed by atoms with E-state index in [9.17, 15) is 8.42 Å². The Hall–Kier alpha value is -0.0800. The highest BCUT2D eigenvalue weighted by atomic mass is 79.9. The third kappa shape index (κ3) is 4.01. The Morgan fingerprint density at radius 3 is 2.62 bits per heavy atom. The molecule has 0 radical (unpaired) electrons. The maximum Gasteiger partial charge on any atom is 0.241 e. The monoisotopic (exact) mass is 393 g/mol. The summed E-state index contributed by atoms with van der Waals surface area (Å²) in [6.45, 7) is 0.275. The van der Waals surface area contributed by atoms with E-state index in [4.69, 9.17) is 5.11 Å². The first-order valence-electron chi connectivity index (χ1n) is 6.86. The zero-order chi connectivity index (χ0) is 15.5. The predicted octanol–water partition coefficient (Wildman–Crippen LogP) is 2.90. The fourth-order valence-corrected chi connectivity index (χ4v) is 5.77. The SMILES string of the molecule is CSC1(CNS(=O)(=O)c2cc(CO)ccc2Br)CCCC1. The smallest absolute Gasteiger partial charge is 0.241 e. The van der Waals surface area contributed by atoms with Crippen LogP contribution in [0.5, 0.6) is 0 Å². The summed E-state index contributed by atoms with van der Waals surface area (Å²) in [5, 5.41) is 9.17. The van der Waals surface area contributed by atoms with Crippen molar-refractivity contribution in [3.05, 3.63) is 28.2 Å². The lowest BCUT2D eigenvalue weighted by Crippen LogP contribution is -2.38. The van der Waals surface area contributed by atoms with E-state index in [0.717, 1.165) is 25.7 Å². The van der Waals surface area contributed by atoms with Crippen LogP contribution in [0.1, 0.15) is 31.2 Å². The number of sulfonamides is 1. The molecule has 1 fully saturated rings. The van der Waals surface area contributed by atoms with Crippen molar-refractivity contribution in [3.8, 4) is 0 Å². The molecule has 1 aliphatic rings. The van der Waals surface area contributed by atoms with E-state index in [1.54, 1.807) is 23.9 Å². The first-order valence-corrected chi connectivity index (χ1v) is 10.4. The Kier molecular flexibility index (Phi) is 5.76. The van der Waals surface area contributed by atoms with Crippen molar-refractivity contribution in [1.82, 2.24) is 4.72 Å². The predicted molar refractivity (Wildman–Crippen MR) is 90.0 cm³/mol. The molecule has 0 bridgehead atoms. The molecule has 0 amide bonds. The number of aliphatic hydroxyl groups excluding tert-OH is 1. The van der Waals surface area contributed by atoms with Crippen molar-refractivity contribution in [1.29, 1.82) is 0 Å². The van der Waals surface area contributed by atoms with Crippen LogP contribution in [0, 0.1) is 0 Å². The van der Waals surface area contributed by atoms with E-state index in [1.165, 1.54) is 6.07 Å². The minimum Gasteiger partial charge on any atom is -0.392 e. The lowest BCUT2D eigenvalue weighted by molar-refractivity contribution is 0.281. The van der Waals surface area contributed by atoms with Crippen molar-refractivity contribution >= 4 is 37.7 Å². The number of benzene rings is 1. The van der Waals surface area contributed by atoms with Gasteiger partial charge in [0, 0.05) is 15.8 Å². The average molecular weight is 394 g/mol. The van der Waals surface area contributed by atoms with E-state index in [2.05, 4.69) is 20.7 Å². The molecule has 1 aromatic carbocycles. The van der Waals surface area contributed by atoms with Crippen molar-refractivity contribution in [2.24, 2.45) is 0 Å². The molecule has 0 aliphatic heterocycles. The van der Waals surface area contributed by atoms with E-state index in [0.29, 0.717) is 16.6 Å². The summed E-state index contributed by atoms with van der Waals surface area (Å²) in [4.78, 5) is 0.184. The summed E-state index contributed by atoms with van der Waals surface area (Å²) in [5.74, 6) is 0. The molecule has 4 nitrogen and oxygen atoms in total. The van der Waals surface area contributed by atoms with Gasteiger partial charge in [0.15, 0.2) is 0 Å². The third-order valence-corrected chi connectivity index (χ3v) is 7.81. The van der Waals surface area contributed by atoms with E-state index < -0.39 is 10.0 Å². The van der Waals surface area contributed by atoms with Crippen LogP contribution < -0.4 is 4.72 Å². The Morgan fingerprint density at radius 2 is 2.05 bits per heavy atom. The topological polar surface area (TPSA) is 66.4 Å². The van der Waals surface area contributed by atoms with Crippen molar-refractivity contribution in [3.63, 3.8) is 0 Å². The quantitative estimate of drug-likeness (QED) is 0.779. The van der Waals surface area contributed by atoms with Crippen molar-refractivity contribution in [2.45, 2.75) is 41.9 Å². The zero-order valence-corrected chi connectivity index (χ0v) is 15.2. The van der Waals surface area contributed by atoms with Gasteiger partial charge in [-0.05, 0) is 52.7 Å². The van der Waals surface area contributed by atoms with Gasteiger partial charge >= 0.3 is 0 Å². The van der Waals surface area contributed by atoms with Gasteiger partial charge in [-0.1, -0.05) is 18.9 Å². The van der Waals surface area contributed by atoms with Crippen molar-refractivity contribution < 1.29 is 13.5 Å². The molecule has 118 valence electrons. The number of rotatable bonds is 6. The summed E-state index contributed by atoms with van der Waals surface area (Å²) >= 11 is 5.02. The summed E-state index contributed by atoms with van der Waals surface area (Å²) in [7, 11) is -3.58. The van der Waals surface area contributed by atoms with Gasteiger partial charge in [-0.3, -0.25) is 0 Å². The van der Waals surface area contributed by atoms with Gasteiger partial charge in [0.2, 0.25) is 10.0 Å². The number of halogens is 1. The summed E-state index contributed by atoms with van der Waals surface area (Å²) in [6, 6.07) is 4.86. The minimum atomic E-state index is -3.58. The zero-order valence-electron chi connectivity index (χ0n) is 11.9. The fraction of sp³-hybridized carbons (Fsp3) is 0.571. The number of hydrogen-bond acceptors (Lipinski definition) is 4. The lowest BCUT2D eigenvalue weighted by Gasteiger charge is -2.27. The van der Waals surface area contributed by atoms with Crippen LogP contribution in [0.3, 0.4) is 0 Å². The Labute approximate surface area is 138 Å². The maximum absolute atomic E-state index is 12.5. The number of thioether (sulfide) groups is 1. The summed E-state index contributed by atoms with van der Waals surface area (Å²) in [6.07, 6.45) is 6.46. The fourth-order valence-electron chi connectivity index (χ4n) is 2.63. The van der Waals surface area contributed by atoms with Gasteiger partial charge in [0.1, 0.15) is 0 Å². The molecule has 0 unspecified atom stereocenters. The molecule has 1 saturated carbocycles. The Morgan fingerprint density at radius 1 is 1.38 bits per heavy atom. The molecular formula is C14H20BrNO3S2. The first-order chi connectivity index (χ1) is 9.92. The van der Waals surface area contributed by atoms with Gasteiger partial charge in [-0.15, -0.1) is 0 Å². The van der Waals surface area contributed by atoms with Gasteiger partial charge in [0.25, 0.3) is 0 Å². The average Bonchev–Trinajstić information content (AvgIpc) is 2.95. The minimum absolute atomic E-state index is 0.0220. The van der Waals surface area contributed by atoms with Gasteiger partial charge in [-0.2, -0.15) is 11.8 Å². The molecule has 7 heteroatoms. The molecule has 0 saturated heterocycles. The Bertz CT molecular complexity index is 598. The van der Waals surface area contributed by atoms with Gasteiger partial charge in [0.05, 0.1) is 11.5 Å². The van der Waals surface area contributed by atoms with E-state index in [1.807, 2.05) is 6.26 Å². The molecule has 1 aliphatic carbocycles. The molecule has 0 atom stereocenters.